The molecule has 2 aromatic heterocycles. The Morgan fingerprint density at radius 3 is 2.73 bits per heavy atom. The van der Waals surface area contributed by atoms with Gasteiger partial charge in [-0.3, -0.25) is 14.8 Å². The fourth-order valence-corrected chi connectivity index (χ4v) is 5.69. The first-order chi connectivity index (χ1) is 17.7. The maximum atomic E-state index is 14.0. The van der Waals surface area contributed by atoms with Gasteiger partial charge in [0.1, 0.15) is 5.60 Å². The molecular formula is C30H35FN4O2. The number of aryl methyl sites for hydroxylation is 1. The van der Waals surface area contributed by atoms with Crippen molar-refractivity contribution < 1.29 is 13.9 Å². The maximum Gasteiger partial charge on any atom is 0.410 e. The summed E-state index contributed by atoms with van der Waals surface area (Å²) in [5.74, 6) is -0.499. The molecule has 5 rings (SSSR count). The van der Waals surface area contributed by atoms with Crippen LogP contribution in [0.15, 0.2) is 54.9 Å². The number of carbonyl (C=O) groups excluding carboxylic acids is 1. The van der Waals surface area contributed by atoms with Crippen LogP contribution in [0.1, 0.15) is 62.0 Å². The Morgan fingerprint density at radius 2 is 1.95 bits per heavy atom. The van der Waals surface area contributed by atoms with Crippen LogP contribution >= 0.6 is 0 Å². The SMILES string of the molecule is CN(C[C@H]1Cc2c(cccc2-c2ccnc(F)c2)CN1C(=O)OC(C)(C)C)[C@H]1CCCc2cccnc21. The van der Waals surface area contributed by atoms with Gasteiger partial charge in [-0.2, -0.15) is 4.39 Å². The fourth-order valence-electron chi connectivity index (χ4n) is 5.69. The first kappa shape index (κ1) is 25.3. The van der Waals surface area contributed by atoms with Crippen LogP contribution in [0.4, 0.5) is 9.18 Å². The Bertz CT molecular complexity index is 1290. The summed E-state index contributed by atoms with van der Waals surface area (Å²) in [5.41, 5.74) is 5.86. The van der Waals surface area contributed by atoms with E-state index in [2.05, 4.69) is 29.1 Å². The summed E-state index contributed by atoms with van der Waals surface area (Å²) in [6, 6.07) is 13.6. The fraction of sp³-hybridized carbons (Fsp3) is 0.433. The second kappa shape index (κ2) is 10.2. The highest BCUT2D eigenvalue weighted by Crippen LogP contribution is 2.36. The summed E-state index contributed by atoms with van der Waals surface area (Å²) in [5, 5.41) is 0. The van der Waals surface area contributed by atoms with E-state index in [-0.39, 0.29) is 18.2 Å². The normalized spacial score (nSPS) is 19.4. The van der Waals surface area contributed by atoms with Crippen molar-refractivity contribution in [3.05, 3.63) is 83.2 Å². The topological polar surface area (TPSA) is 58.6 Å². The zero-order valence-corrected chi connectivity index (χ0v) is 22.1. The van der Waals surface area contributed by atoms with Gasteiger partial charge in [0, 0.05) is 31.5 Å². The lowest BCUT2D eigenvalue weighted by atomic mass is 9.86. The summed E-state index contributed by atoms with van der Waals surface area (Å²) in [7, 11) is 2.13. The number of hydrogen-bond acceptors (Lipinski definition) is 5. The van der Waals surface area contributed by atoms with Crippen LogP contribution in [-0.2, 0) is 24.1 Å². The monoisotopic (exact) mass is 502 g/mol. The van der Waals surface area contributed by atoms with Crippen LogP contribution in [-0.4, -0.2) is 51.1 Å². The molecular weight excluding hydrogens is 467 g/mol. The van der Waals surface area contributed by atoms with Crippen LogP contribution in [0.5, 0.6) is 0 Å². The highest BCUT2D eigenvalue weighted by molar-refractivity contribution is 5.72. The van der Waals surface area contributed by atoms with Crippen molar-refractivity contribution in [2.75, 3.05) is 13.6 Å². The molecule has 37 heavy (non-hydrogen) atoms. The first-order valence-electron chi connectivity index (χ1n) is 13.1. The summed E-state index contributed by atoms with van der Waals surface area (Å²) in [4.78, 5) is 26.1. The molecule has 3 heterocycles. The van der Waals surface area contributed by atoms with Gasteiger partial charge in [0.2, 0.25) is 5.95 Å². The third-order valence-electron chi connectivity index (χ3n) is 7.36. The van der Waals surface area contributed by atoms with Crippen LogP contribution in [0, 0.1) is 5.95 Å². The molecule has 7 heteroatoms. The predicted molar refractivity (Wildman–Crippen MR) is 141 cm³/mol. The molecule has 1 aliphatic heterocycles. The number of fused-ring (bicyclic) bond motifs is 2. The van der Waals surface area contributed by atoms with Gasteiger partial charge in [0.05, 0.1) is 17.8 Å². The van der Waals surface area contributed by atoms with Gasteiger partial charge in [-0.15, -0.1) is 0 Å². The molecule has 0 saturated carbocycles. The number of likely N-dealkylation sites (N-methyl/N-ethyl adjacent to an activating group) is 1. The first-order valence-corrected chi connectivity index (χ1v) is 13.1. The minimum absolute atomic E-state index is 0.103. The molecule has 1 amide bonds. The van der Waals surface area contributed by atoms with E-state index in [1.165, 1.54) is 17.8 Å². The molecule has 0 spiro atoms. The zero-order valence-electron chi connectivity index (χ0n) is 22.1. The summed E-state index contributed by atoms with van der Waals surface area (Å²) >= 11 is 0. The number of amides is 1. The van der Waals surface area contributed by atoms with Crippen LogP contribution < -0.4 is 0 Å². The quantitative estimate of drug-likeness (QED) is 0.413. The Morgan fingerprint density at radius 1 is 1.14 bits per heavy atom. The van der Waals surface area contributed by atoms with Gasteiger partial charge >= 0.3 is 6.09 Å². The van der Waals surface area contributed by atoms with Gasteiger partial charge in [-0.1, -0.05) is 24.3 Å². The van der Waals surface area contributed by atoms with Crippen LogP contribution in [0.25, 0.3) is 11.1 Å². The number of ether oxygens (including phenoxy) is 1. The molecule has 0 radical (unpaired) electrons. The van der Waals surface area contributed by atoms with Crippen LogP contribution in [0.2, 0.25) is 0 Å². The molecule has 0 bridgehead atoms. The van der Waals surface area contributed by atoms with E-state index in [0.717, 1.165) is 47.2 Å². The standard InChI is InChI=1S/C30H35FN4O2/c1-30(2,3)37-29(36)35-18-22-9-5-11-24(21-13-15-32-27(31)16-21)25(22)17-23(35)19-34(4)26-12-6-8-20-10-7-14-33-28(20)26/h5,7,9-11,13-16,23,26H,6,8,12,17-19H2,1-4H3/t23-,26+/m1/s1. The van der Waals surface area contributed by atoms with E-state index in [9.17, 15) is 9.18 Å². The molecule has 6 nitrogen and oxygen atoms in total. The van der Waals surface area contributed by atoms with Crippen molar-refractivity contribution in [2.24, 2.45) is 0 Å². The number of pyridine rings is 2. The van der Waals surface area contributed by atoms with E-state index in [4.69, 9.17) is 9.72 Å². The molecule has 0 fully saturated rings. The summed E-state index contributed by atoms with van der Waals surface area (Å²) in [6.45, 7) is 6.81. The van der Waals surface area contributed by atoms with Gasteiger partial charge in [-0.25, -0.2) is 9.78 Å². The maximum absolute atomic E-state index is 14.0. The molecule has 2 aliphatic rings. The predicted octanol–water partition coefficient (Wildman–Crippen LogP) is 5.95. The largest absolute Gasteiger partial charge is 0.444 e. The van der Waals surface area contributed by atoms with E-state index in [1.54, 1.807) is 0 Å². The number of hydrogen-bond donors (Lipinski definition) is 0. The number of carbonyl (C=O) groups is 1. The summed E-state index contributed by atoms with van der Waals surface area (Å²) < 4.78 is 19.8. The van der Waals surface area contributed by atoms with Crippen molar-refractivity contribution in [1.82, 2.24) is 19.8 Å². The highest BCUT2D eigenvalue weighted by Gasteiger charge is 2.36. The molecule has 0 saturated heterocycles. The number of aromatic nitrogens is 2. The molecule has 2 atom stereocenters. The Hall–Kier alpha value is -3.32. The van der Waals surface area contributed by atoms with Crippen molar-refractivity contribution in [2.45, 2.75) is 70.7 Å². The van der Waals surface area contributed by atoms with Crippen molar-refractivity contribution in [3.8, 4) is 11.1 Å². The molecule has 0 N–H and O–H groups in total. The average Bonchev–Trinajstić information content (AvgIpc) is 2.86. The lowest BCUT2D eigenvalue weighted by molar-refractivity contribution is 0.00647. The Kier molecular flexibility index (Phi) is 6.99. The molecule has 1 aliphatic carbocycles. The van der Waals surface area contributed by atoms with Crippen molar-refractivity contribution >= 4 is 6.09 Å². The summed E-state index contributed by atoms with van der Waals surface area (Å²) in [6.07, 6.45) is 6.93. The number of nitrogens with zero attached hydrogens (tertiary/aromatic N) is 4. The van der Waals surface area contributed by atoms with E-state index >= 15 is 0 Å². The number of rotatable bonds is 4. The van der Waals surface area contributed by atoms with E-state index in [1.807, 2.05) is 56.1 Å². The molecule has 194 valence electrons. The third-order valence-corrected chi connectivity index (χ3v) is 7.36. The number of halogens is 1. The van der Waals surface area contributed by atoms with Gasteiger partial charge in [0.25, 0.3) is 0 Å². The molecule has 1 aromatic carbocycles. The second-order valence-corrected chi connectivity index (χ2v) is 11.2. The number of benzene rings is 1. The van der Waals surface area contributed by atoms with E-state index in [0.29, 0.717) is 19.5 Å². The van der Waals surface area contributed by atoms with Gasteiger partial charge in [-0.05, 0) is 93.5 Å². The van der Waals surface area contributed by atoms with E-state index < -0.39 is 11.5 Å². The second-order valence-electron chi connectivity index (χ2n) is 11.2. The third kappa shape index (κ3) is 5.52. The minimum atomic E-state index is -0.587. The van der Waals surface area contributed by atoms with Crippen molar-refractivity contribution in [1.29, 1.82) is 0 Å². The lowest BCUT2D eigenvalue weighted by Crippen LogP contribution is -2.51. The van der Waals surface area contributed by atoms with Crippen LogP contribution in [0.3, 0.4) is 0 Å². The van der Waals surface area contributed by atoms with Gasteiger partial charge in [0.15, 0.2) is 0 Å². The van der Waals surface area contributed by atoms with Gasteiger partial charge < -0.3 is 4.74 Å². The Balaban J connectivity index is 1.48. The highest BCUT2D eigenvalue weighted by atomic mass is 19.1. The average molecular weight is 503 g/mol. The Labute approximate surface area is 218 Å². The minimum Gasteiger partial charge on any atom is -0.444 e. The van der Waals surface area contributed by atoms with Crippen molar-refractivity contribution in [3.63, 3.8) is 0 Å². The zero-order chi connectivity index (χ0) is 26.2. The molecule has 3 aromatic rings. The smallest absolute Gasteiger partial charge is 0.410 e. The molecule has 0 unspecified atom stereocenters. The lowest BCUT2D eigenvalue weighted by Gasteiger charge is -2.42.